The molecule has 0 radical (unpaired) electrons. The maximum Gasteiger partial charge on any atom is 0.251 e. The Balaban J connectivity index is 1.50. The standard InChI is InChI=1S/C23H28N4O/c1-3-26(4-2)17-20-8-6-19(7-9-20)16-24-23(28)22-12-10-21(11-13-22)18-27-15-5-14-25-27/h5-15H,3-4,16-18H2,1-2H3,(H,24,28). The van der Waals surface area contributed by atoms with Crippen LogP contribution in [0.4, 0.5) is 0 Å². The van der Waals surface area contributed by atoms with E-state index in [9.17, 15) is 4.79 Å². The van der Waals surface area contributed by atoms with Crippen molar-refractivity contribution in [1.82, 2.24) is 20.0 Å². The number of benzene rings is 2. The fourth-order valence-electron chi connectivity index (χ4n) is 3.09. The fraction of sp³-hybridized carbons (Fsp3) is 0.304. The molecule has 0 saturated heterocycles. The van der Waals surface area contributed by atoms with Crippen molar-refractivity contribution in [3.8, 4) is 0 Å². The Hall–Kier alpha value is -2.92. The van der Waals surface area contributed by atoms with E-state index >= 15 is 0 Å². The lowest BCUT2D eigenvalue weighted by Crippen LogP contribution is -2.23. The monoisotopic (exact) mass is 376 g/mol. The van der Waals surface area contributed by atoms with Crippen LogP contribution in [0.3, 0.4) is 0 Å². The minimum Gasteiger partial charge on any atom is -0.348 e. The molecule has 0 aliphatic carbocycles. The zero-order valence-corrected chi connectivity index (χ0v) is 16.6. The second kappa shape index (κ2) is 9.85. The van der Waals surface area contributed by atoms with Crippen LogP contribution in [-0.4, -0.2) is 33.7 Å². The van der Waals surface area contributed by atoms with Crippen LogP contribution in [0.15, 0.2) is 67.0 Å². The molecule has 146 valence electrons. The predicted octanol–water partition coefficient (Wildman–Crippen LogP) is 3.70. The molecule has 0 aliphatic rings. The molecule has 0 atom stereocenters. The molecule has 1 amide bonds. The van der Waals surface area contributed by atoms with Crippen LogP contribution < -0.4 is 5.32 Å². The van der Waals surface area contributed by atoms with Crippen LogP contribution in [0.5, 0.6) is 0 Å². The molecule has 1 heterocycles. The van der Waals surface area contributed by atoms with Gasteiger partial charge in [0.1, 0.15) is 0 Å². The van der Waals surface area contributed by atoms with Gasteiger partial charge in [-0.1, -0.05) is 50.2 Å². The number of hydrogen-bond acceptors (Lipinski definition) is 3. The van der Waals surface area contributed by atoms with Crippen LogP contribution >= 0.6 is 0 Å². The summed E-state index contributed by atoms with van der Waals surface area (Å²) >= 11 is 0. The van der Waals surface area contributed by atoms with Crippen LogP contribution in [0.1, 0.15) is 40.9 Å². The number of amides is 1. The molecule has 0 unspecified atom stereocenters. The highest BCUT2D eigenvalue weighted by molar-refractivity contribution is 5.94. The largest absolute Gasteiger partial charge is 0.348 e. The number of rotatable bonds is 9. The van der Waals surface area contributed by atoms with Crippen molar-refractivity contribution in [2.75, 3.05) is 13.1 Å². The molecule has 1 N–H and O–H groups in total. The Labute approximate surface area is 167 Å². The Morgan fingerprint density at radius 3 is 2.21 bits per heavy atom. The van der Waals surface area contributed by atoms with E-state index in [2.05, 4.69) is 53.4 Å². The molecule has 1 aromatic heterocycles. The predicted molar refractivity (Wildman–Crippen MR) is 112 cm³/mol. The van der Waals surface area contributed by atoms with Gasteiger partial charge in [-0.15, -0.1) is 0 Å². The Morgan fingerprint density at radius 1 is 0.964 bits per heavy atom. The third-order valence-electron chi connectivity index (χ3n) is 4.90. The van der Waals surface area contributed by atoms with E-state index in [1.54, 1.807) is 6.20 Å². The van der Waals surface area contributed by atoms with Crippen LogP contribution in [0.2, 0.25) is 0 Å². The normalized spacial score (nSPS) is 11.0. The van der Waals surface area contributed by atoms with Gasteiger partial charge in [-0.2, -0.15) is 5.10 Å². The summed E-state index contributed by atoms with van der Waals surface area (Å²) in [7, 11) is 0. The van der Waals surface area contributed by atoms with Gasteiger partial charge in [0, 0.05) is 31.0 Å². The summed E-state index contributed by atoms with van der Waals surface area (Å²) in [5.74, 6) is -0.0575. The van der Waals surface area contributed by atoms with Gasteiger partial charge < -0.3 is 5.32 Å². The first-order valence-corrected chi connectivity index (χ1v) is 9.82. The van der Waals surface area contributed by atoms with E-state index in [1.165, 1.54) is 5.56 Å². The Bertz CT molecular complexity index is 851. The first kappa shape index (κ1) is 19.8. The van der Waals surface area contributed by atoms with Crippen molar-refractivity contribution in [2.45, 2.75) is 33.5 Å². The molecule has 3 aromatic rings. The second-order valence-corrected chi connectivity index (χ2v) is 6.86. The first-order valence-electron chi connectivity index (χ1n) is 9.82. The Kier molecular flexibility index (Phi) is 6.98. The SMILES string of the molecule is CCN(CC)Cc1ccc(CNC(=O)c2ccc(Cn3cccn3)cc2)cc1. The number of carbonyl (C=O) groups excluding carboxylic acids is 1. The summed E-state index contributed by atoms with van der Waals surface area (Å²) in [5, 5.41) is 7.19. The summed E-state index contributed by atoms with van der Waals surface area (Å²) in [5.41, 5.74) is 4.19. The third-order valence-corrected chi connectivity index (χ3v) is 4.90. The zero-order valence-electron chi connectivity index (χ0n) is 16.6. The van der Waals surface area contributed by atoms with Crippen molar-refractivity contribution >= 4 is 5.91 Å². The van der Waals surface area contributed by atoms with Crippen molar-refractivity contribution in [2.24, 2.45) is 0 Å². The van der Waals surface area contributed by atoms with E-state index in [-0.39, 0.29) is 5.91 Å². The maximum absolute atomic E-state index is 12.4. The number of nitrogens with zero attached hydrogens (tertiary/aromatic N) is 3. The van der Waals surface area contributed by atoms with Gasteiger partial charge >= 0.3 is 0 Å². The third kappa shape index (κ3) is 5.54. The number of carbonyl (C=O) groups is 1. The summed E-state index contributed by atoms with van der Waals surface area (Å²) < 4.78 is 1.86. The lowest BCUT2D eigenvalue weighted by atomic mass is 10.1. The van der Waals surface area contributed by atoms with E-state index in [1.807, 2.05) is 41.2 Å². The topological polar surface area (TPSA) is 50.2 Å². The van der Waals surface area contributed by atoms with Gasteiger partial charge in [0.25, 0.3) is 5.91 Å². The molecule has 3 rings (SSSR count). The number of aromatic nitrogens is 2. The quantitative estimate of drug-likeness (QED) is 0.619. The minimum absolute atomic E-state index is 0.0575. The summed E-state index contributed by atoms with van der Waals surface area (Å²) in [6.45, 7) is 8.65. The molecule has 5 heteroatoms. The molecule has 0 saturated carbocycles. The van der Waals surface area contributed by atoms with Gasteiger partial charge in [0.15, 0.2) is 0 Å². The van der Waals surface area contributed by atoms with Crippen molar-refractivity contribution in [3.63, 3.8) is 0 Å². The van der Waals surface area contributed by atoms with Gasteiger partial charge in [-0.3, -0.25) is 14.4 Å². The van der Waals surface area contributed by atoms with Crippen molar-refractivity contribution < 1.29 is 4.79 Å². The molecule has 5 nitrogen and oxygen atoms in total. The van der Waals surface area contributed by atoms with Gasteiger partial charge in [0.05, 0.1) is 6.54 Å². The number of hydrogen-bond donors (Lipinski definition) is 1. The summed E-state index contributed by atoms with van der Waals surface area (Å²) in [4.78, 5) is 14.8. The second-order valence-electron chi connectivity index (χ2n) is 6.86. The fourth-order valence-corrected chi connectivity index (χ4v) is 3.09. The minimum atomic E-state index is -0.0575. The van der Waals surface area contributed by atoms with E-state index in [4.69, 9.17) is 0 Å². The molecule has 0 aliphatic heterocycles. The molecule has 28 heavy (non-hydrogen) atoms. The summed E-state index contributed by atoms with van der Waals surface area (Å²) in [6.07, 6.45) is 3.69. The van der Waals surface area contributed by atoms with E-state index in [0.29, 0.717) is 18.7 Å². The highest BCUT2D eigenvalue weighted by Gasteiger charge is 2.06. The van der Waals surface area contributed by atoms with Gasteiger partial charge in [-0.05, 0) is 48.0 Å². The van der Waals surface area contributed by atoms with Crippen LogP contribution in [0, 0.1) is 0 Å². The zero-order chi connectivity index (χ0) is 19.8. The molecule has 0 bridgehead atoms. The van der Waals surface area contributed by atoms with Crippen molar-refractivity contribution in [1.29, 1.82) is 0 Å². The highest BCUT2D eigenvalue weighted by atomic mass is 16.1. The molecular formula is C23H28N4O. The van der Waals surface area contributed by atoms with Gasteiger partial charge in [0.2, 0.25) is 0 Å². The van der Waals surface area contributed by atoms with Crippen LogP contribution in [0.25, 0.3) is 0 Å². The molecule has 0 fully saturated rings. The maximum atomic E-state index is 12.4. The average Bonchev–Trinajstić information content (AvgIpc) is 3.24. The van der Waals surface area contributed by atoms with E-state index < -0.39 is 0 Å². The number of nitrogens with one attached hydrogen (secondary N) is 1. The Morgan fingerprint density at radius 2 is 1.61 bits per heavy atom. The molecular weight excluding hydrogens is 348 g/mol. The smallest absolute Gasteiger partial charge is 0.251 e. The summed E-state index contributed by atoms with van der Waals surface area (Å²) in [6, 6.07) is 18.0. The van der Waals surface area contributed by atoms with E-state index in [0.717, 1.165) is 30.8 Å². The van der Waals surface area contributed by atoms with Gasteiger partial charge in [-0.25, -0.2) is 0 Å². The van der Waals surface area contributed by atoms with Crippen molar-refractivity contribution in [3.05, 3.63) is 89.2 Å². The first-order chi connectivity index (χ1) is 13.7. The highest BCUT2D eigenvalue weighted by Crippen LogP contribution is 2.09. The molecule has 2 aromatic carbocycles. The lowest BCUT2D eigenvalue weighted by molar-refractivity contribution is 0.0951. The van der Waals surface area contributed by atoms with Crippen LogP contribution in [-0.2, 0) is 19.6 Å². The average molecular weight is 377 g/mol. The lowest BCUT2D eigenvalue weighted by Gasteiger charge is -2.18. The molecule has 0 spiro atoms.